The van der Waals surface area contributed by atoms with Gasteiger partial charge in [-0.05, 0) is 19.8 Å². The number of rotatable bonds is 2. The average Bonchev–Trinajstić information content (AvgIpc) is 2.70. The highest BCUT2D eigenvalue weighted by atomic mass is 32.1. The fourth-order valence-corrected chi connectivity index (χ4v) is 3.32. The molecule has 102 valence electrons. The number of hydrogen-bond donors (Lipinski definition) is 1. The van der Waals surface area contributed by atoms with Gasteiger partial charge in [0.05, 0.1) is 10.7 Å². The van der Waals surface area contributed by atoms with Gasteiger partial charge in [-0.2, -0.15) is 0 Å². The maximum absolute atomic E-state index is 6.00. The molecule has 2 rings (SSSR count). The van der Waals surface area contributed by atoms with Crippen LogP contribution < -0.4 is 5.73 Å². The highest BCUT2D eigenvalue weighted by Gasteiger charge is 2.24. The molecule has 1 saturated heterocycles. The van der Waals surface area contributed by atoms with Gasteiger partial charge in [-0.25, -0.2) is 4.98 Å². The van der Waals surface area contributed by atoms with E-state index in [1.807, 2.05) is 0 Å². The quantitative estimate of drug-likeness (QED) is 0.896. The smallest absolute Gasteiger partial charge is 0.0982 e. The van der Waals surface area contributed by atoms with E-state index in [1.165, 1.54) is 10.7 Å². The first kappa shape index (κ1) is 14.0. The Labute approximate surface area is 114 Å². The zero-order valence-corrected chi connectivity index (χ0v) is 12.8. The summed E-state index contributed by atoms with van der Waals surface area (Å²) < 4.78 is 0. The summed E-state index contributed by atoms with van der Waals surface area (Å²) in [6, 6.07) is 0.963. The minimum Gasteiger partial charge on any atom is -0.328 e. The molecule has 0 amide bonds. The van der Waals surface area contributed by atoms with E-state index in [0.29, 0.717) is 12.1 Å². The molecule has 0 saturated carbocycles. The van der Waals surface area contributed by atoms with E-state index >= 15 is 0 Å². The summed E-state index contributed by atoms with van der Waals surface area (Å²) in [5.41, 5.74) is 7.38. The molecule has 0 radical (unpaired) electrons. The van der Waals surface area contributed by atoms with E-state index in [0.717, 1.165) is 25.9 Å². The van der Waals surface area contributed by atoms with Crippen LogP contribution in [-0.2, 0) is 12.0 Å². The lowest BCUT2D eigenvalue weighted by Gasteiger charge is -2.35. The van der Waals surface area contributed by atoms with Gasteiger partial charge in [0.2, 0.25) is 0 Å². The van der Waals surface area contributed by atoms with Crippen molar-refractivity contribution in [3.63, 3.8) is 0 Å². The van der Waals surface area contributed by atoms with Crippen LogP contribution in [0.1, 0.15) is 51.2 Å². The third-order valence-corrected chi connectivity index (χ3v) is 4.93. The van der Waals surface area contributed by atoms with Crippen LogP contribution in [0.25, 0.3) is 0 Å². The largest absolute Gasteiger partial charge is 0.328 e. The van der Waals surface area contributed by atoms with E-state index in [2.05, 4.69) is 38.0 Å². The number of hydrogen-bond acceptors (Lipinski definition) is 4. The first-order valence-corrected chi connectivity index (χ1v) is 7.69. The van der Waals surface area contributed by atoms with Crippen molar-refractivity contribution < 1.29 is 0 Å². The summed E-state index contributed by atoms with van der Waals surface area (Å²) in [7, 11) is 0. The maximum atomic E-state index is 6.00. The second-order valence-electron chi connectivity index (χ2n) is 6.50. The number of likely N-dealkylation sites (tertiary alicyclic amines) is 1. The van der Waals surface area contributed by atoms with Gasteiger partial charge >= 0.3 is 0 Å². The Balaban J connectivity index is 1.99. The normalized spacial score (nSPS) is 26.5. The topological polar surface area (TPSA) is 42.1 Å². The lowest BCUT2D eigenvalue weighted by atomic mass is 9.98. The van der Waals surface area contributed by atoms with Crippen LogP contribution in [-0.4, -0.2) is 28.5 Å². The Kier molecular flexibility index (Phi) is 4.09. The predicted molar refractivity (Wildman–Crippen MR) is 77.9 cm³/mol. The van der Waals surface area contributed by atoms with Crippen LogP contribution in [0.3, 0.4) is 0 Å². The van der Waals surface area contributed by atoms with Crippen molar-refractivity contribution >= 4 is 11.3 Å². The van der Waals surface area contributed by atoms with Gasteiger partial charge in [0.25, 0.3) is 0 Å². The summed E-state index contributed by atoms with van der Waals surface area (Å²) >= 11 is 1.78. The van der Waals surface area contributed by atoms with E-state index < -0.39 is 0 Å². The molecule has 0 bridgehead atoms. The summed E-state index contributed by atoms with van der Waals surface area (Å²) in [5, 5.41) is 3.45. The minimum atomic E-state index is 0.165. The van der Waals surface area contributed by atoms with Gasteiger partial charge in [0.15, 0.2) is 0 Å². The van der Waals surface area contributed by atoms with Crippen LogP contribution in [0.4, 0.5) is 0 Å². The fraction of sp³-hybridized carbons (Fsp3) is 0.786. The maximum Gasteiger partial charge on any atom is 0.0982 e. The number of nitrogens with zero attached hydrogens (tertiary/aromatic N) is 2. The van der Waals surface area contributed by atoms with Gasteiger partial charge < -0.3 is 5.73 Å². The molecule has 2 unspecified atom stereocenters. The Morgan fingerprint density at radius 3 is 2.78 bits per heavy atom. The van der Waals surface area contributed by atoms with Crippen molar-refractivity contribution in [2.75, 3.05) is 6.54 Å². The van der Waals surface area contributed by atoms with Crippen LogP contribution in [0.2, 0.25) is 0 Å². The summed E-state index contributed by atoms with van der Waals surface area (Å²) in [4.78, 5) is 7.28. The second-order valence-corrected chi connectivity index (χ2v) is 7.36. The van der Waals surface area contributed by atoms with Crippen LogP contribution in [0.15, 0.2) is 5.38 Å². The zero-order valence-electron chi connectivity index (χ0n) is 11.9. The molecule has 3 nitrogen and oxygen atoms in total. The van der Waals surface area contributed by atoms with Crippen LogP contribution in [0, 0.1) is 0 Å². The van der Waals surface area contributed by atoms with Gasteiger partial charge in [0.1, 0.15) is 0 Å². The third kappa shape index (κ3) is 3.31. The summed E-state index contributed by atoms with van der Waals surface area (Å²) in [6.45, 7) is 11.0. The van der Waals surface area contributed by atoms with Crippen molar-refractivity contribution in [1.29, 1.82) is 0 Å². The number of aromatic nitrogens is 1. The Bertz CT molecular complexity index is 394. The lowest BCUT2D eigenvalue weighted by Crippen LogP contribution is -2.45. The molecule has 2 heterocycles. The molecule has 1 aliphatic rings. The minimum absolute atomic E-state index is 0.165. The first-order chi connectivity index (χ1) is 8.36. The van der Waals surface area contributed by atoms with E-state index in [9.17, 15) is 0 Å². The summed E-state index contributed by atoms with van der Waals surface area (Å²) in [6.07, 6.45) is 2.22. The monoisotopic (exact) mass is 267 g/mol. The van der Waals surface area contributed by atoms with Crippen molar-refractivity contribution in [1.82, 2.24) is 9.88 Å². The SMILES string of the molecule is CC1CC(N)CCN1Cc1csc(C(C)(C)C)n1. The predicted octanol–water partition coefficient (Wildman–Crippen LogP) is 2.75. The molecule has 2 atom stereocenters. The molecule has 1 aliphatic heterocycles. The van der Waals surface area contributed by atoms with Crippen molar-refractivity contribution in [2.45, 2.75) is 64.6 Å². The van der Waals surface area contributed by atoms with Gasteiger partial charge in [-0.3, -0.25) is 4.90 Å². The Hall–Kier alpha value is -0.450. The number of nitrogens with two attached hydrogens (primary N) is 1. The molecule has 0 aromatic carbocycles. The Morgan fingerprint density at radius 1 is 1.50 bits per heavy atom. The van der Waals surface area contributed by atoms with Gasteiger partial charge in [0, 0.05) is 36.0 Å². The second kappa shape index (κ2) is 5.27. The standard InChI is InChI=1S/C14H25N3S/c1-10-7-11(15)5-6-17(10)8-12-9-18-13(16-12)14(2,3)4/h9-11H,5-8,15H2,1-4H3. The number of piperidine rings is 1. The molecular weight excluding hydrogens is 242 g/mol. The van der Waals surface area contributed by atoms with Crippen molar-refractivity contribution in [3.8, 4) is 0 Å². The fourth-order valence-electron chi connectivity index (χ4n) is 2.42. The highest BCUT2D eigenvalue weighted by molar-refractivity contribution is 7.09. The average molecular weight is 267 g/mol. The van der Waals surface area contributed by atoms with E-state index in [1.54, 1.807) is 11.3 Å². The molecule has 2 N–H and O–H groups in total. The first-order valence-electron chi connectivity index (χ1n) is 6.81. The lowest BCUT2D eigenvalue weighted by molar-refractivity contribution is 0.138. The molecular formula is C14H25N3S. The van der Waals surface area contributed by atoms with Crippen molar-refractivity contribution in [2.24, 2.45) is 5.73 Å². The highest BCUT2D eigenvalue weighted by Crippen LogP contribution is 2.27. The molecule has 1 aromatic rings. The third-order valence-electron chi connectivity index (χ3n) is 3.61. The van der Waals surface area contributed by atoms with E-state index in [-0.39, 0.29) is 5.41 Å². The molecule has 0 spiro atoms. The van der Waals surface area contributed by atoms with Crippen molar-refractivity contribution in [3.05, 3.63) is 16.1 Å². The Morgan fingerprint density at radius 2 is 2.22 bits per heavy atom. The van der Waals surface area contributed by atoms with Gasteiger partial charge in [-0.15, -0.1) is 11.3 Å². The molecule has 18 heavy (non-hydrogen) atoms. The van der Waals surface area contributed by atoms with E-state index in [4.69, 9.17) is 10.7 Å². The summed E-state index contributed by atoms with van der Waals surface area (Å²) in [5.74, 6) is 0. The molecule has 1 fully saturated rings. The molecule has 4 heteroatoms. The van der Waals surface area contributed by atoms with Gasteiger partial charge in [-0.1, -0.05) is 20.8 Å². The molecule has 0 aliphatic carbocycles. The zero-order chi connectivity index (χ0) is 13.3. The van der Waals surface area contributed by atoms with Crippen LogP contribution >= 0.6 is 11.3 Å². The molecule has 1 aromatic heterocycles. The van der Waals surface area contributed by atoms with Crippen LogP contribution in [0.5, 0.6) is 0 Å². The number of thiazole rings is 1.